The van der Waals surface area contributed by atoms with E-state index in [9.17, 15) is 15.3 Å². The zero-order valence-corrected chi connectivity index (χ0v) is 13.3. The van der Waals surface area contributed by atoms with Gasteiger partial charge in [0.15, 0.2) is 11.5 Å². The van der Waals surface area contributed by atoms with Crippen LogP contribution in [-0.2, 0) is 0 Å². The summed E-state index contributed by atoms with van der Waals surface area (Å²) in [6.45, 7) is 1.82. The minimum Gasteiger partial charge on any atom is -0.396 e. The number of nitrogens with zero attached hydrogens (tertiary/aromatic N) is 4. The maximum atomic E-state index is 10.4. The first-order valence-corrected chi connectivity index (χ1v) is 7.85. The smallest absolute Gasteiger partial charge is 0.200 e. The summed E-state index contributed by atoms with van der Waals surface area (Å²) in [5.74, 6) is 0.330. The Bertz CT molecular complexity index is 767. The minimum atomic E-state index is -0.985. The van der Waals surface area contributed by atoms with Gasteiger partial charge in [0.2, 0.25) is 4.73 Å². The van der Waals surface area contributed by atoms with Crippen molar-refractivity contribution in [3.8, 4) is 0 Å². The number of anilines is 1. The molecule has 22 heavy (non-hydrogen) atoms. The molecule has 4 rings (SSSR count). The molecule has 9 heteroatoms. The lowest BCUT2D eigenvalue weighted by Crippen LogP contribution is -2.37. The quantitative estimate of drug-likeness (QED) is 0.534. The van der Waals surface area contributed by atoms with Gasteiger partial charge in [-0.1, -0.05) is 6.92 Å². The van der Waals surface area contributed by atoms with Crippen LogP contribution >= 0.6 is 15.9 Å². The number of aromatic nitrogens is 4. The second-order valence-electron chi connectivity index (χ2n) is 6.21. The monoisotopic (exact) mass is 369 g/mol. The molecule has 5 N–H and O–H groups in total. The number of rotatable bonds is 2. The lowest BCUT2D eigenvalue weighted by Gasteiger charge is -2.25. The first-order chi connectivity index (χ1) is 10.4. The van der Waals surface area contributed by atoms with Gasteiger partial charge in [-0.25, -0.2) is 15.0 Å². The van der Waals surface area contributed by atoms with Crippen molar-refractivity contribution < 1.29 is 15.3 Å². The fourth-order valence-corrected chi connectivity index (χ4v) is 4.66. The van der Waals surface area contributed by atoms with Gasteiger partial charge in [-0.05, 0) is 27.8 Å². The lowest BCUT2D eigenvalue weighted by atomic mass is 9.96. The van der Waals surface area contributed by atoms with Crippen LogP contribution < -0.4 is 5.73 Å². The normalized spacial score (nSPS) is 40.1. The van der Waals surface area contributed by atoms with Gasteiger partial charge in [0.1, 0.15) is 11.6 Å². The third-order valence-corrected chi connectivity index (χ3v) is 5.86. The summed E-state index contributed by atoms with van der Waals surface area (Å²) in [5, 5.41) is 30.5. The number of nitrogens with two attached hydrogens (primary N) is 1. The molecule has 2 fully saturated rings. The Kier molecular flexibility index (Phi) is 2.85. The Hall–Kier alpha value is -1.29. The molecule has 0 saturated heterocycles. The van der Waals surface area contributed by atoms with Gasteiger partial charge in [-0.15, -0.1) is 0 Å². The molecule has 0 aromatic carbocycles. The summed E-state index contributed by atoms with van der Waals surface area (Å²) in [4.78, 5) is 12.5. The van der Waals surface area contributed by atoms with Crippen molar-refractivity contribution in [2.45, 2.75) is 25.2 Å². The van der Waals surface area contributed by atoms with Crippen molar-refractivity contribution in [1.29, 1.82) is 0 Å². The van der Waals surface area contributed by atoms with Crippen molar-refractivity contribution in [2.24, 2.45) is 17.3 Å². The highest BCUT2D eigenvalue weighted by Gasteiger charge is 2.76. The predicted molar refractivity (Wildman–Crippen MR) is 80.7 cm³/mol. The molecule has 2 saturated carbocycles. The van der Waals surface area contributed by atoms with Crippen molar-refractivity contribution in [3.05, 3.63) is 11.1 Å². The number of imidazole rings is 1. The lowest BCUT2D eigenvalue weighted by molar-refractivity contribution is -0.0383. The van der Waals surface area contributed by atoms with Crippen LogP contribution in [0.4, 0.5) is 5.82 Å². The van der Waals surface area contributed by atoms with Crippen LogP contribution in [0.1, 0.15) is 13.0 Å². The van der Waals surface area contributed by atoms with E-state index in [1.807, 2.05) is 6.92 Å². The third kappa shape index (κ3) is 1.49. The zero-order chi connectivity index (χ0) is 15.8. The van der Waals surface area contributed by atoms with E-state index in [4.69, 9.17) is 5.73 Å². The molecular formula is C13H16BrN5O3. The SMILES string of the molecule is C[C@H]1[C@@H]2[C@@H](n3cnc4c(N)nc(Br)nc43)C(O)C(O)[C@@]21CO. The highest BCUT2D eigenvalue weighted by atomic mass is 79.9. The second-order valence-corrected chi connectivity index (χ2v) is 6.92. The number of halogens is 1. The molecule has 0 aliphatic heterocycles. The Labute approximate surface area is 134 Å². The largest absolute Gasteiger partial charge is 0.396 e. The van der Waals surface area contributed by atoms with Crippen molar-refractivity contribution in [3.63, 3.8) is 0 Å². The molecular weight excluding hydrogens is 354 g/mol. The highest BCUT2D eigenvalue weighted by Crippen LogP contribution is 2.71. The molecule has 2 aromatic heterocycles. The van der Waals surface area contributed by atoms with Gasteiger partial charge in [0.25, 0.3) is 0 Å². The second kappa shape index (κ2) is 4.38. The van der Waals surface area contributed by atoms with Crippen molar-refractivity contribution in [2.75, 3.05) is 12.3 Å². The van der Waals surface area contributed by atoms with Crippen LogP contribution in [0.25, 0.3) is 11.2 Å². The molecule has 0 radical (unpaired) electrons. The molecule has 2 unspecified atom stereocenters. The fourth-order valence-electron chi connectivity index (χ4n) is 4.30. The van der Waals surface area contributed by atoms with E-state index in [0.717, 1.165) is 0 Å². The average molecular weight is 370 g/mol. The van der Waals surface area contributed by atoms with Crippen molar-refractivity contribution in [1.82, 2.24) is 19.5 Å². The first kappa shape index (κ1) is 14.3. The number of aliphatic hydroxyl groups excluding tert-OH is 3. The minimum absolute atomic E-state index is 0.0325. The van der Waals surface area contributed by atoms with E-state index < -0.39 is 23.7 Å². The van der Waals surface area contributed by atoms with E-state index in [1.54, 1.807) is 10.9 Å². The number of fused-ring (bicyclic) bond motifs is 2. The Morgan fingerprint density at radius 1 is 1.41 bits per heavy atom. The molecule has 0 bridgehead atoms. The van der Waals surface area contributed by atoms with Gasteiger partial charge < -0.3 is 25.6 Å². The number of aliphatic hydroxyl groups is 3. The van der Waals surface area contributed by atoms with Crippen LogP contribution in [-0.4, -0.2) is 53.7 Å². The van der Waals surface area contributed by atoms with Gasteiger partial charge in [0.05, 0.1) is 25.1 Å². The number of hydrogen-bond acceptors (Lipinski definition) is 7. The van der Waals surface area contributed by atoms with Gasteiger partial charge in [-0.3, -0.25) is 0 Å². The van der Waals surface area contributed by atoms with E-state index in [-0.39, 0.29) is 24.3 Å². The van der Waals surface area contributed by atoms with E-state index in [0.29, 0.717) is 15.9 Å². The molecule has 118 valence electrons. The van der Waals surface area contributed by atoms with Gasteiger partial charge in [0, 0.05) is 5.41 Å². The predicted octanol–water partition coefficient (Wildman–Crippen LogP) is -0.308. The third-order valence-electron chi connectivity index (χ3n) is 5.51. The van der Waals surface area contributed by atoms with Crippen LogP contribution in [0.15, 0.2) is 11.1 Å². The standard InChI is InChI=1S/C13H16BrN5O3/c1-4-5-7(8(21)9(22)13(4,5)2-20)19-3-16-6-10(15)17-12(14)18-11(6)19/h3-5,7-9,20-22H,2H2,1H3,(H2,15,17,18)/t4-,5+,7+,8?,9?,13+/m0/s1. The van der Waals surface area contributed by atoms with E-state index >= 15 is 0 Å². The summed E-state index contributed by atoms with van der Waals surface area (Å²) in [6, 6.07) is -0.400. The molecule has 0 spiro atoms. The highest BCUT2D eigenvalue weighted by molar-refractivity contribution is 9.10. The summed E-state index contributed by atoms with van der Waals surface area (Å²) in [6.07, 6.45) is -0.398. The first-order valence-electron chi connectivity index (χ1n) is 7.06. The van der Waals surface area contributed by atoms with Crippen LogP contribution in [0.2, 0.25) is 0 Å². The molecule has 2 aromatic rings. The summed E-state index contributed by atoms with van der Waals surface area (Å²) in [5.41, 5.74) is 6.17. The molecule has 6 atom stereocenters. The fraction of sp³-hybridized carbons (Fsp3) is 0.615. The maximum Gasteiger partial charge on any atom is 0.200 e. The summed E-state index contributed by atoms with van der Waals surface area (Å²) >= 11 is 3.20. The van der Waals surface area contributed by atoms with E-state index in [2.05, 4.69) is 30.9 Å². The topological polar surface area (TPSA) is 130 Å². The van der Waals surface area contributed by atoms with Crippen molar-refractivity contribution >= 4 is 32.9 Å². The zero-order valence-electron chi connectivity index (χ0n) is 11.8. The summed E-state index contributed by atoms with van der Waals surface area (Å²) in [7, 11) is 0. The Morgan fingerprint density at radius 2 is 2.14 bits per heavy atom. The molecule has 0 amide bonds. The van der Waals surface area contributed by atoms with E-state index in [1.165, 1.54) is 0 Å². The Balaban J connectivity index is 1.87. The molecule has 8 nitrogen and oxygen atoms in total. The van der Waals surface area contributed by atoms with Crippen LogP contribution in [0.5, 0.6) is 0 Å². The van der Waals surface area contributed by atoms with Gasteiger partial charge in [-0.2, -0.15) is 0 Å². The van der Waals surface area contributed by atoms with Crippen LogP contribution in [0.3, 0.4) is 0 Å². The Morgan fingerprint density at radius 3 is 2.77 bits per heavy atom. The average Bonchev–Trinajstić information content (AvgIpc) is 2.77. The number of hydrogen-bond donors (Lipinski definition) is 4. The number of nitrogen functional groups attached to an aromatic ring is 1. The van der Waals surface area contributed by atoms with Gasteiger partial charge >= 0.3 is 0 Å². The molecule has 2 aliphatic carbocycles. The maximum absolute atomic E-state index is 10.4. The summed E-state index contributed by atoms with van der Waals surface area (Å²) < 4.78 is 2.07. The molecule has 2 aliphatic rings. The molecule has 2 heterocycles. The van der Waals surface area contributed by atoms with Crippen LogP contribution in [0, 0.1) is 17.3 Å².